The van der Waals surface area contributed by atoms with Crippen molar-refractivity contribution in [3.05, 3.63) is 65.5 Å². The molecule has 32 heavy (non-hydrogen) atoms. The van der Waals surface area contributed by atoms with Crippen LogP contribution in [0, 0.1) is 0 Å². The van der Waals surface area contributed by atoms with Crippen LogP contribution < -0.4 is 0 Å². The number of hydrogen-bond acceptors (Lipinski definition) is 3. The maximum absolute atomic E-state index is 13.1. The second kappa shape index (κ2) is 10.5. The van der Waals surface area contributed by atoms with E-state index in [2.05, 4.69) is 4.98 Å². The highest BCUT2D eigenvalue weighted by Crippen LogP contribution is 2.34. The van der Waals surface area contributed by atoms with Crippen LogP contribution in [0.5, 0.6) is 0 Å². The van der Waals surface area contributed by atoms with Gasteiger partial charge in [-0.1, -0.05) is 24.6 Å². The van der Waals surface area contributed by atoms with E-state index in [4.69, 9.17) is 0 Å². The van der Waals surface area contributed by atoms with Crippen molar-refractivity contribution < 1.29 is 27.9 Å². The first-order chi connectivity index (χ1) is 15.3. The molecule has 1 fully saturated rings. The molecule has 0 saturated carbocycles. The minimum absolute atomic E-state index is 0.174. The summed E-state index contributed by atoms with van der Waals surface area (Å²) in [7, 11) is 0. The molecular formula is C23H26F3N3O3. The van der Waals surface area contributed by atoms with Crippen molar-refractivity contribution in [3.63, 3.8) is 0 Å². The molecule has 1 saturated heterocycles. The number of unbranched alkanes of at least 4 members (excludes halogenated alkanes) is 2. The summed E-state index contributed by atoms with van der Waals surface area (Å²) >= 11 is 0. The van der Waals surface area contributed by atoms with E-state index in [1.165, 1.54) is 17.0 Å². The molecule has 2 heterocycles. The SMILES string of the molecule is O=C(O)C[C@@H](c1cccc(C(F)(F)F)c1)N1CCN(CCCCCc2ccccn2)C1=O. The number of amides is 2. The Labute approximate surface area is 184 Å². The molecule has 1 atom stereocenters. The number of aliphatic carboxylic acids is 1. The van der Waals surface area contributed by atoms with E-state index in [1.807, 2.05) is 18.2 Å². The van der Waals surface area contributed by atoms with Gasteiger partial charge in [0.25, 0.3) is 0 Å². The third-order valence-electron chi connectivity index (χ3n) is 5.56. The van der Waals surface area contributed by atoms with Gasteiger partial charge in [0, 0.05) is 31.5 Å². The molecular weight excluding hydrogens is 423 g/mol. The molecule has 0 aliphatic carbocycles. The topological polar surface area (TPSA) is 73.7 Å². The van der Waals surface area contributed by atoms with Crippen molar-refractivity contribution in [3.8, 4) is 0 Å². The van der Waals surface area contributed by atoms with E-state index >= 15 is 0 Å². The molecule has 2 aromatic rings. The van der Waals surface area contributed by atoms with Gasteiger partial charge in [0.1, 0.15) is 0 Å². The molecule has 0 bridgehead atoms. The van der Waals surface area contributed by atoms with Gasteiger partial charge in [-0.05, 0) is 49.1 Å². The van der Waals surface area contributed by atoms with Gasteiger partial charge >= 0.3 is 18.2 Å². The monoisotopic (exact) mass is 449 g/mol. The smallest absolute Gasteiger partial charge is 0.416 e. The maximum Gasteiger partial charge on any atom is 0.416 e. The number of carbonyl (C=O) groups excluding carboxylic acids is 1. The second-order valence-electron chi connectivity index (χ2n) is 7.83. The first kappa shape index (κ1) is 23.6. The van der Waals surface area contributed by atoms with Crippen molar-refractivity contribution in [2.24, 2.45) is 0 Å². The molecule has 3 rings (SSSR count). The summed E-state index contributed by atoms with van der Waals surface area (Å²) in [6.45, 7) is 1.23. The molecule has 1 aromatic carbocycles. The number of aromatic nitrogens is 1. The lowest BCUT2D eigenvalue weighted by Gasteiger charge is -2.28. The van der Waals surface area contributed by atoms with Gasteiger partial charge in [-0.2, -0.15) is 13.2 Å². The lowest BCUT2D eigenvalue weighted by Crippen LogP contribution is -2.36. The van der Waals surface area contributed by atoms with Crippen LogP contribution in [0.2, 0.25) is 0 Å². The molecule has 1 N–H and O–H groups in total. The van der Waals surface area contributed by atoms with Crippen LogP contribution in [0.15, 0.2) is 48.7 Å². The summed E-state index contributed by atoms with van der Waals surface area (Å²) < 4.78 is 39.3. The lowest BCUT2D eigenvalue weighted by molar-refractivity contribution is -0.138. The number of benzene rings is 1. The van der Waals surface area contributed by atoms with Crippen molar-refractivity contribution in [1.82, 2.24) is 14.8 Å². The number of carbonyl (C=O) groups is 2. The fourth-order valence-corrected chi connectivity index (χ4v) is 3.93. The van der Waals surface area contributed by atoms with Crippen LogP contribution in [0.4, 0.5) is 18.0 Å². The van der Waals surface area contributed by atoms with Crippen molar-refractivity contribution in [1.29, 1.82) is 0 Å². The van der Waals surface area contributed by atoms with Gasteiger partial charge in [0.15, 0.2) is 0 Å². The summed E-state index contributed by atoms with van der Waals surface area (Å²) in [5.74, 6) is -1.17. The Bertz CT molecular complexity index is 921. The van der Waals surface area contributed by atoms with Crippen LogP contribution in [0.3, 0.4) is 0 Å². The Morgan fingerprint density at radius 1 is 1.09 bits per heavy atom. The highest BCUT2D eigenvalue weighted by atomic mass is 19.4. The molecule has 6 nitrogen and oxygen atoms in total. The fraction of sp³-hybridized carbons (Fsp3) is 0.435. The van der Waals surface area contributed by atoms with Gasteiger partial charge in [0.2, 0.25) is 0 Å². The van der Waals surface area contributed by atoms with Crippen molar-refractivity contribution in [2.45, 2.75) is 44.3 Å². The molecule has 9 heteroatoms. The molecule has 1 aromatic heterocycles. The normalized spacial score (nSPS) is 15.3. The second-order valence-corrected chi connectivity index (χ2v) is 7.83. The Morgan fingerprint density at radius 2 is 1.91 bits per heavy atom. The number of alkyl halides is 3. The number of halogens is 3. The Balaban J connectivity index is 1.59. The number of pyridine rings is 1. The van der Waals surface area contributed by atoms with Gasteiger partial charge in [-0.25, -0.2) is 4.79 Å². The number of nitrogens with zero attached hydrogens (tertiary/aromatic N) is 3. The molecule has 0 unspecified atom stereocenters. The largest absolute Gasteiger partial charge is 0.481 e. The van der Waals surface area contributed by atoms with Crippen molar-refractivity contribution >= 4 is 12.0 Å². The molecule has 1 aliphatic heterocycles. The predicted octanol–water partition coefficient (Wildman–Crippen LogP) is 4.77. The fourth-order valence-electron chi connectivity index (χ4n) is 3.93. The van der Waals surface area contributed by atoms with Gasteiger partial charge in [-0.3, -0.25) is 9.78 Å². The van der Waals surface area contributed by atoms with E-state index in [1.54, 1.807) is 11.1 Å². The molecule has 0 spiro atoms. The highest BCUT2D eigenvalue weighted by Gasteiger charge is 2.37. The van der Waals surface area contributed by atoms with E-state index in [0.29, 0.717) is 13.1 Å². The average molecular weight is 449 g/mol. The first-order valence-electron chi connectivity index (χ1n) is 10.6. The Kier molecular flexibility index (Phi) is 7.71. The highest BCUT2D eigenvalue weighted by molar-refractivity contribution is 5.78. The minimum atomic E-state index is -4.54. The minimum Gasteiger partial charge on any atom is -0.481 e. The number of hydrogen-bond donors (Lipinski definition) is 1. The number of carboxylic acids is 1. The van der Waals surface area contributed by atoms with E-state index in [-0.39, 0.29) is 18.1 Å². The third-order valence-corrected chi connectivity index (χ3v) is 5.56. The van der Waals surface area contributed by atoms with E-state index in [0.717, 1.165) is 43.5 Å². The van der Waals surface area contributed by atoms with Crippen molar-refractivity contribution in [2.75, 3.05) is 19.6 Å². The van der Waals surface area contributed by atoms with E-state index < -0.39 is 30.2 Å². The summed E-state index contributed by atoms with van der Waals surface area (Å²) in [4.78, 5) is 31.6. The van der Waals surface area contributed by atoms with Gasteiger partial charge < -0.3 is 14.9 Å². The van der Waals surface area contributed by atoms with Crippen LogP contribution in [0.1, 0.15) is 48.5 Å². The quantitative estimate of drug-likeness (QED) is 0.531. The molecule has 1 aliphatic rings. The Morgan fingerprint density at radius 3 is 2.59 bits per heavy atom. The number of carboxylic acid groups (broad SMARTS) is 1. The average Bonchev–Trinajstić information content (AvgIpc) is 3.12. The summed E-state index contributed by atoms with van der Waals surface area (Å²) in [5, 5.41) is 9.30. The number of aryl methyl sites for hydroxylation is 1. The van der Waals surface area contributed by atoms with Crippen LogP contribution >= 0.6 is 0 Å². The van der Waals surface area contributed by atoms with Crippen LogP contribution in [-0.2, 0) is 17.4 Å². The van der Waals surface area contributed by atoms with Crippen LogP contribution in [-0.4, -0.2) is 51.5 Å². The zero-order valence-corrected chi connectivity index (χ0v) is 17.6. The number of urea groups is 1. The molecule has 172 valence electrons. The maximum atomic E-state index is 13.1. The first-order valence-corrected chi connectivity index (χ1v) is 10.6. The molecule has 0 radical (unpaired) electrons. The number of rotatable bonds is 10. The third kappa shape index (κ3) is 6.21. The van der Waals surface area contributed by atoms with Gasteiger partial charge in [-0.15, -0.1) is 0 Å². The summed E-state index contributed by atoms with van der Waals surface area (Å²) in [6.07, 6.45) is 0.258. The molecule has 2 amide bonds. The summed E-state index contributed by atoms with van der Waals surface area (Å²) in [6, 6.07) is 9.05. The Hall–Kier alpha value is -3.10. The van der Waals surface area contributed by atoms with E-state index in [9.17, 15) is 27.9 Å². The summed E-state index contributed by atoms with van der Waals surface area (Å²) in [5.41, 5.74) is 0.336. The standard InChI is InChI=1S/C23H26F3N3O3/c24-23(25,26)18-8-6-7-17(15-18)20(16-21(30)31)29-14-13-28(22(29)32)12-5-1-2-9-19-10-3-4-11-27-19/h3-4,6-8,10-11,15,20H,1-2,5,9,12-14,16H2,(H,30,31)/t20-/m0/s1. The van der Waals surface area contributed by atoms with Crippen LogP contribution in [0.25, 0.3) is 0 Å². The zero-order valence-electron chi connectivity index (χ0n) is 17.6. The predicted molar refractivity (Wildman–Crippen MR) is 112 cm³/mol. The zero-order chi connectivity index (χ0) is 23.1. The lowest BCUT2D eigenvalue weighted by atomic mass is 10.00. The van der Waals surface area contributed by atoms with Gasteiger partial charge in [0.05, 0.1) is 18.0 Å².